The van der Waals surface area contributed by atoms with Crippen LogP contribution in [0.4, 0.5) is 0 Å². The van der Waals surface area contributed by atoms with Crippen molar-refractivity contribution in [2.45, 2.75) is 53.1 Å². The van der Waals surface area contributed by atoms with Crippen molar-refractivity contribution in [2.24, 2.45) is 5.41 Å². The lowest BCUT2D eigenvalue weighted by molar-refractivity contribution is -0.151. The Morgan fingerprint density at radius 1 is 1.33 bits per heavy atom. The Kier molecular flexibility index (Phi) is 4.02. The molecule has 2 atom stereocenters. The fourth-order valence-corrected chi connectivity index (χ4v) is 2.37. The molecule has 2 heterocycles. The van der Waals surface area contributed by atoms with E-state index in [0.717, 1.165) is 0 Å². The van der Waals surface area contributed by atoms with Gasteiger partial charge in [-0.15, -0.1) is 0 Å². The fraction of sp³-hybridized carbons (Fsp3) is 0.714. The molecule has 2 unspecified atom stereocenters. The number of rotatable bonds is 3. The molecule has 1 saturated heterocycles. The number of hydrogen-bond donors (Lipinski definition) is 1. The van der Waals surface area contributed by atoms with E-state index in [2.05, 4.69) is 15.5 Å². The van der Waals surface area contributed by atoms with Crippen LogP contribution in [0.5, 0.6) is 0 Å². The van der Waals surface area contributed by atoms with Crippen molar-refractivity contribution >= 4 is 11.8 Å². The molecule has 0 spiro atoms. The lowest BCUT2D eigenvalue weighted by Crippen LogP contribution is -2.66. The SMILES string of the molecule is Cc1noc(CCN2C(=O)C(C(C)(C)C)NC(=O)C2C)n1. The summed E-state index contributed by atoms with van der Waals surface area (Å²) in [6.45, 7) is 9.67. The molecule has 0 saturated carbocycles. The van der Waals surface area contributed by atoms with E-state index < -0.39 is 12.1 Å². The van der Waals surface area contributed by atoms with Gasteiger partial charge in [0.05, 0.1) is 0 Å². The van der Waals surface area contributed by atoms with Gasteiger partial charge in [0, 0.05) is 13.0 Å². The Morgan fingerprint density at radius 2 is 2.00 bits per heavy atom. The topological polar surface area (TPSA) is 88.3 Å². The average molecular weight is 294 g/mol. The Hall–Kier alpha value is -1.92. The highest BCUT2D eigenvalue weighted by molar-refractivity contribution is 5.97. The third-order valence-electron chi connectivity index (χ3n) is 3.67. The summed E-state index contributed by atoms with van der Waals surface area (Å²) in [5.41, 5.74) is -0.327. The second kappa shape index (κ2) is 5.46. The highest BCUT2D eigenvalue weighted by Crippen LogP contribution is 2.25. The van der Waals surface area contributed by atoms with Crippen LogP contribution in [0, 0.1) is 12.3 Å². The van der Waals surface area contributed by atoms with Crippen molar-refractivity contribution in [2.75, 3.05) is 6.54 Å². The monoisotopic (exact) mass is 294 g/mol. The first-order valence-electron chi connectivity index (χ1n) is 7.10. The molecule has 1 N–H and O–H groups in total. The molecule has 7 nitrogen and oxygen atoms in total. The van der Waals surface area contributed by atoms with E-state index in [1.807, 2.05) is 20.8 Å². The highest BCUT2D eigenvalue weighted by atomic mass is 16.5. The van der Waals surface area contributed by atoms with Crippen LogP contribution in [-0.4, -0.2) is 45.5 Å². The standard InChI is InChI=1S/C14H22N4O3/c1-8-12(19)16-11(14(3,4)5)13(20)18(8)7-6-10-15-9(2)17-21-10/h8,11H,6-7H2,1-5H3,(H,16,19). The minimum Gasteiger partial charge on any atom is -0.342 e. The number of carbonyl (C=O) groups excluding carboxylic acids is 2. The van der Waals surface area contributed by atoms with Crippen molar-refractivity contribution in [3.8, 4) is 0 Å². The molecule has 0 bridgehead atoms. The van der Waals surface area contributed by atoms with Gasteiger partial charge in [0.2, 0.25) is 17.7 Å². The zero-order valence-electron chi connectivity index (χ0n) is 13.1. The van der Waals surface area contributed by atoms with Gasteiger partial charge in [-0.25, -0.2) is 0 Å². The maximum atomic E-state index is 12.6. The number of nitrogens with one attached hydrogen (secondary N) is 1. The predicted molar refractivity (Wildman–Crippen MR) is 75.3 cm³/mol. The van der Waals surface area contributed by atoms with Crippen LogP contribution in [0.1, 0.15) is 39.4 Å². The minimum absolute atomic E-state index is 0.0640. The van der Waals surface area contributed by atoms with Gasteiger partial charge >= 0.3 is 0 Å². The van der Waals surface area contributed by atoms with Crippen LogP contribution in [0.3, 0.4) is 0 Å². The Bertz CT molecular complexity index is 547. The number of carbonyl (C=O) groups is 2. The van der Waals surface area contributed by atoms with Gasteiger partial charge in [-0.05, 0) is 19.3 Å². The predicted octanol–water partition coefficient (Wildman–Crippen LogP) is 0.682. The first-order chi connectivity index (χ1) is 9.70. The lowest BCUT2D eigenvalue weighted by atomic mass is 9.84. The van der Waals surface area contributed by atoms with Gasteiger partial charge in [0.25, 0.3) is 0 Å². The van der Waals surface area contributed by atoms with Crippen LogP contribution in [0.25, 0.3) is 0 Å². The number of aromatic nitrogens is 2. The van der Waals surface area contributed by atoms with Crippen molar-refractivity contribution in [3.63, 3.8) is 0 Å². The first kappa shape index (κ1) is 15.5. The molecule has 1 fully saturated rings. The summed E-state index contributed by atoms with van der Waals surface area (Å²) in [7, 11) is 0. The van der Waals surface area contributed by atoms with Gasteiger partial charge in [-0.3, -0.25) is 9.59 Å². The normalized spacial score (nSPS) is 23.4. The maximum absolute atomic E-state index is 12.6. The molecule has 21 heavy (non-hydrogen) atoms. The van der Waals surface area contributed by atoms with Gasteiger partial charge in [0.1, 0.15) is 12.1 Å². The van der Waals surface area contributed by atoms with Gasteiger partial charge < -0.3 is 14.7 Å². The third-order valence-corrected chi connectivity index (χ3v) is 3.67. The Balaban J connectivity index is 2.11. The average Bonchev–Trinajstić information content (AvgIpc) is 2.78. The van der Waals surface area contributed by atoms with Gasteiger partial charge in [-0.1, -0.05) is 25.9 Å². The van der Waals surface area contributed by atoms with E-state index in [-0.39, 0.29) is 17.2 Å². The molecule has 1 aromatic heterocycles. The zero-order valence-corrected chi connectivity index (χ0v) is 13.1. The van der Waals surface area contributed by atoms with Crippen LogP contribution in [0.15, 0.2) is 4.52 Å². The fourth-order valence-electron chi connectivity index (χ4n) is 2.37. The van der Waals surface area contributed by atoms with E-state index in [0.29, 0.717) is 24.7 Å². The van der Waals surface area contributed by atoms with Crippen LogP contribution in [0.2, 0.25) is 0 Å². The molecule has 7 heteroatoms. The van der Waals surface area contributed by atoms with Crippen molar-refractivity contribution in [3.05, 3.63) is 11.7 Å². The lowest BCUT2D eigenvalue weighted by Gasteiger charge is -2.42. The number of nitrogens with zero attached hydrogens (tertiary/aromatic N) is 3. The highest BCUT2D eigenvalue weighted by Gasteiger charge is 2.43. The van der Waals surface area contributed by atoms with E-state index >= 15 is 0 Å². The Labute approximate surface area is 124 Å². The summed E-state index contributed by atoms with van der Waals surface area (Å²) < 4.78 is 5.05. The van der Waals surface area contributed by atoms with Crippen molar-refractivity contribution in [1.82, 2.24) is 20.4 Å². The molecule has 1 aromatic rings. The molecule has 1 aliphatic rings. The molecule has 0 aliphatic carbocycles. The van der Waals surface area contributed by atoms with Gasteiger partial charge in [-0.2, -0.15) is 4.98 Å². The summed E-state index contributed by atoms with van der Waals surface area (Å²) in [4.78, 5) is 30.4. The van der Waals surface area contributed by atoms with E-state index in [1.54, 1.807) is 18.7 Å². The molecule has 0 radical (unpaired) electrons. The van der Waals surface area contributed by atoms with Crippen LogP contribution < -0.4 is 5.32 Å². The first-order valence-corrected chi connectivity index (χ1v) is 7.10. The molecule has 1 aliphatic heterocycles. The number of hydrogen-bond acceptors (Lipinski definition) is 5. The molecular formula is C14H22N4O3. The zero-order chi connectivity index (χ0) is 15.8. The number of aryl methyl sites for hydroxylation is 1. The van der Waals surface area contributed by atoms with Crippen molar-refractivity contribution < 1.29 is 14.1 Å². The summed E-state index contributed by atoms with van der Waals surface area (Å²) in [5.74, 6) is 0.848. The second-order valence-corrected chi connectivity index (χ2v) is 6.50. The molecule has 0 aromatic carbocycles. The molecule has 116 valence electrons. The maximum Gasteiger partial charge on any atom is 0.246 e. The molecule has 2 rings (SSSR count). The van der Waals surface area contributed by atoms with Gasteiger partial charge in [0.15, 0.2) is 5.82 Å². The minimum atomic E-state index is -0.509. The summed E-state index contributed by atoms with van der Waals surface area (Å²) in [6.07, 6.45) is 0.445. The van der Waals surface area contributed by atoms with E-state index in [9.17, 15) is 9.59 Å². The number of piperazine rings is 1. The Morgan fingerprint density at radius 3 is 2.52 bits per heavy atom. The summed E-state index contributed by atoms with van der Waals surface area (Å²) >= 11 is 0. The quantitative estimate of drug-likeness (QED) is 0.885. The van der Waals surface area contributed by atoms with Crippen molar-refractivity contribution in [1.29, 1.82) is 0 Å². The largest absolute Gasteiger partial charge is 0.342 e. The smallest absolute Gasteiger partial charge is 0.246 e. The number of amides is 2. The summed E-state index contributed by atoms with van der Waals surface area (Å²) in [5, 5.41) is 6.53. The second-order valence-electron chi connectivity index (χ2n) is 6.50. The third kappa shape index (κ3) is 3.22. The van der Waals surface area contributed by atoms with Crippen LogP contribution in [-0.2, 0) is 16.0 Å². The van der Waals surface area contributed by atoms with Crippen LogP contribution >= 0.6 is 0 Å². The summed E-state index contributed by atoms with van der Waals surface area (Å²) in [6, 6.07) is -0.995. The van der Waals surface area contributed by atoms with E-state index in [1.165, 1.54) is 0 Å². The van der Waals surface area contributed by atoms with E-state index in [4.69, 9.17) is 4.52 Å². The molecule has 2 amide bonds. The molecular weight excluding hydrogens is 272 g/mol.